The van der Waals surface area contributed by atoms with Crippen LogP contribution in [0.25, 0.3) is 0 Å². The maximum absolute atomic E-state index is 14.7. The number of ether oxygens (including phenoxy) is 1. The zero-order valence-corrected chi connectivity index (χ0v) is 22.6. The predicted octanol–water partition coefficient (Wildman–Crippen LogP) is 5.58. The van der Waals surface area contributed by atoms with Crippen LogP contribution in [0.2, 0.25) is 0 Å². The van der Waals surface area contributed by atoms with Crippen molar-refractivity contribution in [2.45, 2.75) is 38.8 Å². The molecule has 2 fully saturated rings. The molecule has 1 aromatic carbocycles. The summed E-state index contributed by atoms with van der Waals surface area (Å²) in [6.07, 6.45) is -1.68. The van der Waals surface area contributed by atoms with Gasteiger partial charge in [-0.25, -0.2) is 21.9 Å². The van der Waals surface area contributed by atoms with E-state index in [1.165, 1.54) is 13.0 Å². The van der Waals surface area contributed by atoms with Crippen molar-refractivity contribution >= 4 is 27.5 Å². The number of carbonyl (C=O) groups is 1. The normalized spacial score (nSPS) is 18.9. The van der Waals surface area contributed by atoms with E-state index in [1.807, 2.05) is 6.92 Å². The van der Waals surface area contributed by atoms with Gasteiger partial charge in [0, 0.05) is 42.3 Å². The van der Waals surface area contributed by atoms with E-state index >= 15 is 0 Å². The van der Waals surface area contributed by atoms with Gasteiger partial charge in [0.2, 0.25) is 10.0 Å². The molecule has 210 valence electrons. The molecule has 1 amide bonds. The number of rotatable bonds is 10. The van der Waals surface area contributed by atoms with Crippen molar-refractivity contribution in [1.82, 2.24) is 9.62 Å². The van der Waals surface area contributed by atoms with Crippen LogP contribution in [0.4, 0.5) is 22.0 Å². The molecule has 1 aromatic rings. The van der Waals surface area contributed by atoms with Crippen molar-refractivity contribution in [2.75, 3.05) is 32.5 Å². The highest BCUT2D eigenvalue weighted by Gasteiger charge is 2.41. The zero-order valence-electron chi connectivity index (χ0n) is 21.0. The third kappa shape index (κ3) is 7.79. The van der Waals surface area contributed by atoms with Gasteiger partial charge >= 0.3 is 6.18 Å². The zero-order chi connectivity index (χ0) is 28.6. The molecular formula is C25H28ClF5N2O4S. The molecule has 2 aliphatic rings. The molecule has 1 saturated carbocycles. The summed E-state index contributed by atoms with van der Waals surface area (Å²) in [5, 5.41) is -0.277. The van der Waals surface area contributed by atoms with Crippen LogP contribution in [0.5, 0.6) is 5.75 Å². The van der Waals surface area contributed by atoms with Crippen molar-refractivity contribution in [2.24, 2.45) is 5.41 Å². The first-order valence-electron chi connectivity index (χ1n) is 11.6. The summed E-state index contributed by atoms with van der Waals surface area (Å²) >= 11 is 5.69. The summed E-state index contributed by atoms with van der Waals surface area (Å²) in [5.41, 5.74) is -1.73. The summed E-state index contributed by atoms with van der Waals surface area (Å²) in [5.74, 6) is -2.69. The molecule has 0 radical (unpaired) electrons. The molecule has 13 heteroatoms. The van der Waals surface area contributed by atoms with Crippen LogP contribution in [0.1, 0.15) is 48.5 Å². The lowest BCUT2D eigenvalue weighted by Crippen LogP contribution is -2.57. The van der Waals surface area contributed by atoms with Crippen LogP contribution in [0, 0.1) is 11.2 Å². The van der Waals surface area contributed by atoms with E-state index in [4.69, 9.17) is 16.3 Å². The topological polar surface area (TPSA) is 75.7 Å². The van der Waals surface area contributed by atoms with Crippen molar-refractivity contribution < 1.29 is 39.9 Å². The second-order valence-corrected chi connectivity index (χ2v) is 12.4. The summed E-state index contributed by atoms with van der Waals surface area (Å²) in [6, 6.07) is 2.35. The number of likely N-dealkylation sites (tertiary alicyclic amines) is 1. The fourth-order valence-corrected chi connectivity index (χ4v) is 4.80. The average Bonchev–Trinajstić information content (AvgIpc) is 3.58. The maximum Gasteiger partial charge on any atom is 0.415 e. The second-order valence-electron chi connectivity index (χ2n) is 10.1. The number of benzene rings is 1. The highest BCUT2D eigenvalue weighted by Crippen LogP contribution is 2.46. The largest absolute Gasteiger partial charge is 0.493 e. The molecule has 6 nitrogen and oxygen atoms in total. The van der Waals surface area contributed by atoms with Crippen LogP contribution in [0.3, 0.4) is 0 Å². The molecule has 0 aromatic heterocycles. The standard InChI is InChI=1S/C25H28ClF5N2O4S/c1-14(25(29,30)31)7-17(22(28)15(2)26)10-33-11-24(3,12-33)13-37-21-9-20(27)19(8-18(21)16-5-6-16)23(34)32-38(4,35)36/h7-9,16H,1,5-6,10-13H2,2-4H3,(H,32,34)/b17-7-,22-15-. The SMILES string of the molecule is C=C(/C=C(CN1CC(C)(COc2cc(F)c(C(=O)NS(C)(=O)=O)cc2C2CC2)C1)\C(F)=C(/C)Cl)C(F)(F)F. The Morgan fingerprint density at radius 3 is 2.42 bits per heavy atom. The number of allylic oxidation sites excluding steroid dienone is 3. The quantitative estimate of drug-likeness (QED) is 0.288. The molecule has 38 heavy (non-hydrogen) atoms. The summed E-state index contributed by atoms with van der Waals surface area (Å²) in [6.45, 7) is 6.76. The molecule has 1 aliphatic carbocycles. The Morgan fingerprint density at radius 2 is 1.92 bits per heavy atom. The van der Waals surface area contributed by atoms with Gasteiger partial charge in [-0.3, -0.25) is 9.69 Å². The minimum atomic E-state index is -4.71. The molecule has 0 spiro atoms. The summed E-state index contributed by atoms with van der Waals surface area (Å²) in [7, 11) is -3.88. The number of hydrogen-bond acceptors (Lipinski definition) is 5. The van der Waals surface area contributed by atoms with Crippen LogP contribution in [0.15, 0.2) is 46.8 Å². The van der Waals surface area contributed by atoms with Crippen LogP contribution >= 0.6 is 11.6 Å². The van der Waals surface area contributed by atoms with Gasteiger partial charge in [0.05, 0.1) is 23.5 Å². The second kappa shape index (κ2) is 11.0. The number of halogens is 6. The van der Waals surface area contributed by atoms with Crippen molar-refractivity contribution in [3.05, 3.63) is 63.7 Å². The number of amides is 1. The van der Waals surface area contributed by atoms with Gasteiger partial charge in [-0.05, 0) is 43.4 Å². The Hall–Kier alpha value is -2.44. The first-order valence-corrected chi connectivity index (χ1v) is 13.8. The average molecular weight is 583 g/mol. The number of alkyl halides is 3. The first kappa shape index (κ1) is 30.1. The van der Waals surface area contributed by atoms with Crippen LogP contribution in [-0.2, 0) is 10.0 Å². The Labute approximate surface area is 223 Å². The highest BCUT2D eigenvalue weighted by molar-refractivity contribution is 7.89. The molecule has 1 N–H and O–H groups in total. The Morgan fingerprint density at radius 1 is 1.32 bits per heavy atom. The number of nitrogens with one attached hydrogen (secondary N) is 1. The van der Waals surface area contributed by atoms with E-state index in [-0.39, 0.29) is 35.4 Å². The lowest BCUT2D eigenvalue weighted by Gasteiger charge is -2.48. The minimum absolute atomic E-state index is 0.0454. The lowest BCUT2D eigenvalue weighted by atomic mass is 9.82. The molecule has 1 saturated heterocycles. The number of hydrogen-bond donors (Lipinski definition) is 1. The minimum Gasteiger partial charge on any atom is -0.493 e. The smallest absolute Gasteiger partial charge is 0.415 e. The van der Waals surface area contributed by atoms with Crippen LogP contribution in [-0.4, -0.2) is 57.9 Å². The van der Waals surface area contributed by atoms with E-state index in [9.17, 15) is 35.2 Å². The number of nitrogens with zero attached hydrogens (tertiary/aromatic N) is 1. The Kier molecular flexibility index (Phi) is 8.69. The molecule has 0 unspecified atom stereocenters. The molecule has 0 bridgehead atoms. The van der Waals surface area contributed by atoms with Crippen molar-refractivity contribution in [3.8, 4) is 5.75 Å². The maximum atomic E-state index is 14.7. The van der Waals surface area contributed by atoms with Gasteiger partial charge in [0.25, 0.3) is 5.91 Å². The Bertz CT molecular complexity index is 1290. The molecule has 1 heterocycles. The molecule has 0 atom stereocenters. The lowest BCUT2D eigenvalue weighted by molar-refractivity contribution is -0.0879. The van der Waals surface area contributed by atoms with E-state index < -0.39 is 50.3 Å². The van der Waals surface area contributed by atoms with Gasteiger partial charge in [-0.15, -0.1) is 0 Å². The number of carbonyl (C=O) groups excluding carboxylic acids is 1. The highest BCUT2D eigenvalue weighted by atomic mass is 35.5. The predicted molar refractivity (Wildman–Crippen MR) is 134 cm³/mol. The van der Waals surface area contributed by atoms with E-state index in [1.54, 1.807) is 9.62 Å². The third-order valence-corrected chi connectivity index (χ3v) is 6.84. The molecule has 3 rings (SSSR count). The van der Waals surface area contributed by atoms with Gasteiger partial charge < -0.3 is 4.74 Å². The fourth-order valence-electron chi connectivity index (χ4n) is 4.23. The van der Waals surface area contributed by atoms with Crippen molar-refractivity contribution in [1.29, 1.82) is 0 Å². The van der Waals surface area contributed by atoms with Gasteiger partial charge in [-0.2, -0.15) is 13.2 Å². The van der Waals surface area contributed by atoms with Gasteiger partial charge in [-0.1, -0.05) is 25.1 Å². The summed E-state index contributed by atoms with van der Waals surface area (Å²) < 4.78 is 98.4. The number of sulfonamides is 1. The first-order chi connectivity index (χ1) is 17.4. The molecular weight excluding hydrogens is 555 g/mol. The van der Waals surface area contributed by atoms with E-state index in [2.05, 4.69) is 6.58 Å². The Balaban J connectivity index is 1.69. The van der Waals surface area contributed by atoms with Gasteiger partial charge in [0.15, 0.2) is 0 Å². The molecule has 1 aliphatic heterocycles. The van der Waals surface area contributed by atoms with E-state index in [0.29, 0.717) is 24.7 Å². The summed E-state index contributed by atoms with van der Waals surface area (Å²) in [4.78, 5) is 13.9. The van der Waals surface area contributed by atoms with E-state index in [0.717, 1.165) is 25.2 Å². The van der Waals surface area contributed by atoms with Crippen LogP contribution < -0.4 is 9.46 Å². The van der Waals surface area contributed by atoms with Gasteiger partial charge in [0.1, 0.15) is 17.4 Å². The fraction of sp³-hybridized carbons (Fsp3) is 0.480. The van der Waals surface area contributed by atoms with Crippen molar-refractivity contribution in [3.63, 3.8) is 0 Å². The third-order valence-electron chi connectivity index (χ3n) is 6.12. The monoisotopic (exact) mass is 582 g/mol.